The van der Waals surface area contributed by atoms with E-state index < -0.39 is 0 Å². The number of hydrogen-bond acceptors (Lipinski definition) is 3. The van der Waals surface area contributed by atoms with Crippen LogP contribution < -0.4 is 5.32 Å². The molecule has 0 aliphatic rings. The van der Waals surface area contributed by atoms with E-state index in [4.69, 9.17) is 9.52 Å². The van der Waals surface area contributed by atoms with Crippen LogP contribution in [0.15, 0.2) is 47.1 Å². The normalized spacial score (nSPS) is 10.4. The SMILES string of the molecule is OCCCc1cccc(NCc2ccco2)c1. The molecule has 0 bridgehead atoms. The summed E-state index contributed by atoms with van der Waals surface area (Å²) in [5.41, 5.74) is 2.32. The molecule has 0 saturated carbocycles. The number of furan rings is 1. The molecule has 1 aromatic carbocycles. The molecule has 3 heteroatoms. The van der Waals surface area contributed by atoms with Crippen LogP contribution in [-0.4, -0.2) is 11.7 Å². The van der Waals surface area contributed by atoms with E-state index in [0.29, 0.717) is 6.54 Å². The number of benzene rings is 1. The van der Waals surface area contributed by atoms with Crippen molar-refractivity contribution < 1.29 is 9.52 Å². The van der Waals surface area contributed by atoms with Crippen LogP contribution in [0, 0.1) is 0 Å². The first-order valence-electron chi connectivity index (χ1n) is 5.84. The van der Waals surface area contributed by atoms with Crippen molar-refractivity contribution in [2.24, 2.45) is 0 Å². The van der Waals surface area contributed by atoms with Crippen LogP contribution >= 0.6 is 0 Å². The molecule has 0 unspecified atom stereocenters. The van der Waals surface area contributed by atoms with Crippen LogP contribution in [-0.2, 0) is 13.0 Å². The average Bonchev–Trinajstić information content (AvgIpc) is 2.87. The zero-order chi connectivity index (χ0) is 11.9. The van der Waals surface area contributed by atoms with E-state index in [-0.39, 0.29) is 6.61 Å². The van der Waals surface area contributed by atoms with Gasteiger partial charge in [-0.05, 0) is 42.7 Å². The molecular formula is C14H17NO2. The molecule has 0 aliphatic heterocycles. The van der Waals surface area contributed by atoms with Crippen molar-refractivity contribution in [3.63, 3.8) is 0 Å². The van der Waals surface area contributed by atoms with Crippen molar-refractivity contribution in [3.8, 4) is 0 Å². The summed E-state index contributed by atoms with van der Waals surface area (Å²) >= 11 is 0. The van der Waals surface area contributed by atoms with Crippen molar-refractivity contribution in [1.29, 1.82) is 0 Å². The van der Waals surface area contributed by atoms with Gasteiger partial charge < -0.3 is 14.8 Å². The van der Waals surface area contributed by atoms with Gasteiger partial charge in [-0.25, -0.2) is 0 Å². The van der Waals surface area contributed by atoms with Crippen LogP contribution in [0.25, 0.3) is 0 Å². The van der Waals surface area contributed by atoms with Gasteiger partial charge in [0.25, 0.3) is 0 Å². The number of rotatable bonds is 6. The van der Waals surface area contributed by atoms with Gasteiger partial charge in [0.2, 0.25) is 0 Å². The van der Waals surface area contributed by atoms with Gasteiger partial charge >= 0.3 is 0 Å². The number of nitrogens with one attached hydrogen (secondary N) is 1. The smallest absolute Gasteiger partial charge is 0.122 e. The summed E-state index contributed by atoms with van der Waals surface area (Å²) in [6.45, 7) is 0.931. The molecule has 17 heavy (non-hydrogen) atoms. The highest BCUT2D eigenvalue weighted by molar-refractivity contribution is 5.45. The number of aryl methyl sites for hydroxylation is 1. The lowest BCUT2D eigenvalue weighted by atomic mass is 10.1. The lowest BCUT2D eigenvalue weighted by Crippen LogP contribution is -1.99. The van der Waals surface area contributed by atoms with E-state index in [9.17, 15) is 0 Å². The number of hydrogen-bond donors (Lipinski definition) is 2. The first-order valence-corrected chi connectivity index (χ1v) is 5.84. The second kappa shape index (κ2) is 6.11. The van der Waals surface area contributed by atoms with Crippen molar-refractivity contribution in [3.05, 3.63) is 54.0 Å². The number of aliphatic hydroxyl groups excluding tert-OH is 1. The first-order chi connectivity index (χ1) is 8.38. The topological polar surface area (TPSA) is 45.4 Å². The van der Waals surface area contributed by atoms with Gasteiger partial charge in [0.05, 0.1) is 12.8 Å². The Balaban J connectivity index is 1.91. The Morgan fingerprint density at radius 3 is 2.88 bits per heavy atom. The minimum absolute atomic E-state index is 0.240. The van der Waals surface area contributed by atoms with Gasteiger partial charge in [-0.15, -0.1) is 0 Å². The molecule has 1 aromatic heterocycles. The fraction of sp³-hybridized carbons (Fsp3) is 0.286. The van der Waals surface area contributed by atoms with E-state index in [0.717, 1.165) is 24.3 Å². The summed E-state index contributed by atoms with van der Waals surface area (Å²) in [7, 11) is 0. The van der Waals surface area contributed by atoms with E-state index in [1.54, 1.807) is 6.26 Å². The largest absolute Gasteiger partial charge is 0.467 e. The molecule has 90 valence electrons. The molecule has 0 spiro atoms. The highest BCUT2D eigenvalue weighted by Crippen LogP contribution is 2.13. The summed E-state index contributed by atoms with van der Waals surface area (Å²) in [6.07, 6.45) is 3.39. The van der Waals surface area contributed by atoms with E-state index in [1.165, 1.54) is 5.56 Å². The minimum Gasteiger partial charge on any atom is -0.467 e. The Kier molecular flexibility index (Phi) is 4.22. The molecule has 0 atom stereocenters. The van der Waals surface area contributed by atoms with Crippen LogP contribution in [0.4, 0.5) is 5.69 Å². The van der Waals surface area contributed by atoms with Crippen molar-refractivity contribution in [1.82, 2.24) is 0 Å². The van der Waals surface area contributed by atoms with Gasteiger partial charge in [-0.2, -0.15) is 0 Å². The summed E-state index contributed by atoms with van der Waals surface area (Å²) in [5, 5.41) is 12.1. The molecule has 2 aromatic rings. The second-order valence-electron chi connectivity index (χ2n) is 3.96. The van der Waals surface area contributed by atoms with Gasteiger partial charge in [0.15, 0.2) is 0 Å². The molecule has 0 amide bonds. The monoisotopic (exact) mass is 231 g/mol. The lowest BCUT2D eigenvalue weighted by Gasteiger charge is -2.06. The standard InChI is InChI=1S/C14H17NO2/c16-8-2-5-12-4-1-6-13(10-12)15-11-14-7-3-9-17-14/h1,3-4,6-7,9-10,15-16H,2,5,8,11H2. The molecule has 3 nitrogen and oxygen atoms in total. The molecule has 0 saturated heterocycles. The third-order valence-corrected chi connectivity index (χ3v) is 2.60. The van der Waals surface area contributed by atoms with Crippen LogP contribution in [0.5, 0.6) is 0 Å². The van der Waals surface area contributed by atoms with Crippen molar-refractivity contribution >= 4 is 5.69 Å². The summed E-state index contributed by atoms with van der Waals surface area (Å²) in [4.78, 5) is 0. The summed E-state index contributed by atoms with van der Waals surface area (Å²) in [6, 6.07) is 12.1. The third kappa shape index (κ3) is 3.64. The molecule has 1 heterocycles. The highest BCUT2D eigenvalue weighted by Gasteiger charge is 1.98. The van der Waals surface area contributed by atoms with E-state index in [2.05, 4.69) is 17.4 Å². The fourth-order valence-corrected chi connectivity index (χ4v) is 1.72. The van der Waals surface area contributed by atoms with Crippen LogP contribution in [0.3, 0.4) is 0 Å². The quantitative estimate of drug-likeness (QED) is 0.803. The van der Waals surface area contributed by atoms with E-state index in [1.807, 2.05) is 24.3 Å². The van der Waals surface area contributed by atoms with E-state index >= 15 is 0 Å². The zero-order valence-electron chi connectivity index (χ0n) is 9.73. The molecule has 2 rings (SSSR count). The Bertz CT molecular complexity index is 437. The molecule has 0 fully saturated rings. The summed E-state index contributed by atoms with van der Waals surface area (Å²) < 4.78 is 5.25. The van der Waals surface area contributed by atoms with Crippen LogP contribution in [0.2, 0.25) is 0 Å². The predicted octanol–water partition coefficient (Wildman–Crippen LogP) is 2.82. The predicted molar refractivity (Wildman–Crippen MR) is 67.9 cm³/mol. The molecule has 0 radical (unpaired) electrons. The Morgan fingerprint density at radius 2 is 2.12 bits per heavy atom. The van der Waals surface area contributed by atoms with Crippen LogP contribution in [0.1, 0.15) is 17.7 Å². The van der Waals surface area contributed by atoms with Crippen molar-refractivity contribution in [2.75, 3.05) is 11.9 Å². The summed E-state index contributed by atoms with van der Waals surface area (Å²) in [5.74, 6) is 0.922. The maximum Gasteiger partial charge on any atom is 0.122 e. The Morgan fingerprint density at radius 1 is 1.18 bits per heavy atom. The zero-order valence-corrected chi connectivity index (χ0v) is 9.73. The minimum atomic E-state index is 0.240. The first kappa shape index (κ1) is 11.7. The second-order valence-corrected chi connectivity index (χ2v) is 3.96. The van der Waals surface area contributed by atoms with Gasteiger partial charge in [0.1, 0.15) is 5.76 Å². The highest BCUT2D eigenvalue weighted by atomic mass is 16.3. The average molecular weight is 231 g/mol. The maximum atomic E-state index is 8.80. The van der Waals surface area contributed by atoms with Gasteiger partial charge in [-0.3, -0.25) is 0 Å². The Hall–Kier alpha value is -1.74. The van der Waals surface area contributed by atoms with Gasteiger partial charge in [-0.1, -0.05) is 12.1 Å². The third-order valence-electron chi connectivity index (χ3n) is 2.60. The van der Waals surface area contributed by atoms with Crippen molar-refractivity contribution in [2.45, 2.75) is 19.4 Å². The van der Waals surface area contributed by atoms with Gasteiger partial charge in [0, 0.05) is 12.3 Å². The number of aliphatic hydroxyl groups is 1. The fourth-order valence-electron chi connectivity index (χ4n) is 1.72. The Labute approximate surface area is 101 Å². The molecule has 0 aliphatic carbocycles. The maximum absolute atomic E-state index is 8.80. The number of anilines is 1. The molecule has 2 N–H and O–H groups in total. The molecular weight excluding hydrogens is 214 g/mol. The lowest BCUT2D eigenvalue weighted by molar-refractivity contribution is 0.288.